The molecule has 0 aliphatic rings. The van der Waals surface area contributed by atoms with Gasteiger partial charge < -0.3 is 9.32 Å². The molecule has 0 aliphatic carbocycles. The van der Waals surface area contributed by atoms with Gasteiger partial charge in [-0.1, -0.05) is 28.1 Å². The second-order valence-electron chi connectivity index (χ2n) is 6.77. The highest BCUT2D eigenvalue weighted by molar-refractivity contribution is 9.10. The second-order valence-corrected chi connectivity index (χ2v) is 7.68. The molecule has 2 rings (SSSR count). The van der Waals surface area contributed by atoms with Gasteiger partial charge in [-0.3, -0.25) is 4.79 Å². The molecule has 1 heterocycles. The molecule has 0 atom stereocenters. The van der Waals surface area contributed by atoms with Crippen molar-refractivity contribution in [3.63, 3.8) is 0 Å². The lowest BCUT2D eigenvalue weighted by atomic mass is 10.0. The van der Waals surface area contributed by atoms with Gasteiger partial charge in [-0.05, 0) is 45.4 Å². The minimum atomic E-state index is -4.65. The summed E-state index contributed by atoms with van der Waals surface area (Å²) in [7, 11) is 0. The zero-order valence-corrected chi connectivity index (χ0v) is 16.0. The van der Waals surface area contributed by atoms with Gasteiger partial charge in [-0.2, -0.15) is 13.2 Å². The van der Waals surface area contributed by atoms with Crippen molar-refractivity contribution < 1.29 is 22.4 Å². The smallest absolute Gasteiger partial charge is 0.420 e. The van der Waals surface area contributed by atoms with Crippen LogP contribution in [0, 0.1) is 6.92 Å². The molecule has 1 aromatic heterocycles. The minimum absolute atomic E-state index is 0.0395. The summed E-state index contributed by atoms with van der Waals surface area (Å²) in [5.41, 5.74) is -1.32. The number of nitrogens with zero attached hydrogens (tertiary/aromatic N) is 1. The predicted molar refractivity (Wildman–Crippen MR) is 92.2 cm³/mol. The Kier molecular flexibility index (Phi) is 5.37. The fraction of sp³-hybridized carbons (Fsp3) is 0.389. The Hall–Kier alpha value is -1.76. The third-order valence-corrected chi connectivity index (χ3v) is 4.33. The average Bonchev–Trinajstić information content (AvgIpc) is 2.86. The summed E-state index contributed by atoms with van der Waals surface area (Å²) in [6, 6.07) is 7.29. The van der Waals surface area contributed by atoms with E-state index in [2.05, 4.69) is 15.9 Å². The van der Waals surface area contributed by atoms with Crippen LogP contribution in [0.2, 0.25) is 0 Å². The van der Waals surface area contributed by atoms with Gasteiger partial charge in [-0.25, -0.2) is 0 Å². The molecular formula is C18H19BrF3NO2. The quantitative estimate of drug-likeness (QED) is 0.631. The predicted octanol–water partition coefficient (Wildman–Crippen LogP) is 5.81. The van der Waals surface area contributed by atoms with Crippen LogP contribution in [0.1, 0.15) is 48.0 Å². The van der Waals surface area contributed by atoms with Gasteiger partial charge in [0.25, 0.3) is 5.91 Å². The van der Waals surface area contributed by atoms with E-state index in [4.69, 9.17) is 4.42 Å². The van der Waals surface area contributed by atoms with Crippen LogP contribution in [0.15, 0.2) is 39.4 Å². The van der Waals surface area contributed by atoms with Crippen molar-refractivity contribution in [1.82, 2.24) is 4.90 Å². The van der Waals surface area contributed by atoms with Gasteiger partial charge in [0.05, 0.1) is 5.56 Å². The van der Waals surface area contributed by atoms with Crippen LogP contribution in [0.25, 0.3) is 0 Å². The Bertz CT molecular complexity index is 758. The number of halogens is 4. The molecule has 3 nitrogen and oxygen atoms in total. The van der Waals surface area contributed by atoms with Crippen LogP contribution in [0.3, 0.4) is 0 Å². The number of carbonyl (C=O) groups is 1. The molecule has 0 unspecified atom stereocenters. The maximum atomic E-state index is 13.2. The zero-order valence-electron chi connectivity index (χ0n) is 14.4. The van der Waals surface area contributed by atoms with Crippen LogP contribution in [-0.4, -0.2) is 16.3 Å². The molecule has 0 radical (unpaired) electrons. The van der Waals surface area contributed by atoms with Crippen molar-refractivity contribution in [2.24, 2.45) is 0 Å². The minimum Gasteiger partial charge on any atom is -0.468 e. The Balaban J connectivity index is 2.44. The van der Waals surface area contributed by atoms with E-state index < -0.39 is 28.7 Å². The van der Waals surface area contributed by atoms with Crippen LogP contribution in [0.5, 0.6) is 0 Å². The average molecular weight is 418 g/mol. The topological polar surface area (TPSA) is 33.5 Å². The van der Waals surface area contributed by atoms with E-state index >= 15 is 0 Å². The van der Waals surface area contributed by atoms with Crippen molar-refractivity contribution in [3.8, 4) is 0 Å². The molecule has 0 N–H and O–H groups in total. The molecule has 0 bridgehead atoms. The third-order valence-electron chi connectivity index (χ3n) is 3.80. The summed E-state index contributed by atoms with van der Waals surface area (Å²) < 4.78 is 45.4. The van der Waals surface area contributed by atoms with Crippen LogP contribution < -0.4 is 0 Å². The first-order valence-electron chi connectivity index (χ1n) is 7.63. The lowest BCUT2D eigenvalue weighted by molar-refractivity contribution is -0.138. The van der Waals surface area contributed by atoms with E-state index in [1.807, 2.05) is 24.3 Å². The number of benzene rings is 1. The number of furan rings is 1. The molecule has 1 amide bonds. The normalized spacial score (nSPS) is 12.3. The molecule has 7 heteroatoms. The van der Waals surface area contributed by atoms with Gasteiger partial charge in [0.2, 0.25) is 0 Å². The molecular weight excluding hydrogens is 399 g/mol. The number of carbonyl (C=O) groups excluding carboxylic acids is 1. The second kappa shape index (κ2) is 6.86. The first kappa shape index (κ1) is 19.6. The fourth-order valence-corrected chi connectivity index (χ4v) is 2.71. The first-order chi connectivity index (χ1) is 11.4. The van der Waals surface area contributed by atoms with Gasteiger partial charge in [0.15, 0.2) is 0 Å². The Morgan fingerprint density at radius 3 is 2.20 bits per heavy atom. The van der Waals surface area contributed by atoms with Crippen LogP contribution in [0.4, 0.5) is 13.2 Å². The molecule has 0 saturated carbocycles. The fourth-order valence-electron chi connectivity index (χ4n) is 2.45. The summed E-state index contributed by atoms with van der Waals surface area (Å²) >= 11 is 3.33. The molecule has 0 spiro atoms. The van der Waals surface area contributed by atoms with E-state index in [9.17, 15) is 18.0 Å². The van der Waals surface area contributed by atoms with E-state index in [1.165, 1.54) is 11.8 Å². The Morgan fingerprint density at radius 2 is 1.72 bits per heavy atom. The van der Waals surface area contributed by atoms with Crippen LogP contribution in [-0.2, 0) is 12.7 Å². The van der Waals surface area contributed by atoms with Crippen molar-refractivity contribution in [2.75, 3.05) is 0 Å². The monoisotopic (exact) mass is 417 g/mol. The highest BCUT2D eigenvalue weighted by atomic mass is 79.9. The SMILES string of the molecule is Cc1occ(C(F)(F)F)c1C(=O)N(Cc1ccc(Br)cc1)C(C)(C)C. The van der Waals surface area contributed by atoms with Gasteiger partial charge >= 0.3 is 6.18 Å². The number of aryl methyl sites for hydroxylation is 1. The number of rotatable bonds is 3. The summed E-state index contributed by atoms with van der Waals surface area (Å²) in [6.07, 6.45) is -4.05. The summed E-state index contributed by atoms with van der Waals surface area (Å²) in [6.45, 7) is 6.91. The number of hydrogen-bond donors (Lipinski definition) is 0. The van der Waals surface area contributed by atoms with E-state index in [0.717, 1.165) is 10.0 Å². The Labute approximate surface area is 152 Å². The van der Waals surface area contributed by atoms with Crippen molar-refractivity contribution in [1.29, 1.82) is 0 Å². The zero-order chi connectivity index (χ0) is 19.0. The Morgan fingerprint density at radius 1 is 1.16 bits per heavy atom. The molecule has 0 aliphatic heterocycles. The lowest BCUT2D eigenvalue weighted by Gasteiger charge is -2.36. The van der Waals surface area contributed by atoms with Crippen molar-refractivity contribution in [2.45, 2.75) is 46.0 Å². The standard InChI is InChI=1S/C18H19BrF3NO2/c1-11-15(14(10-25-11)18(20,21)22)16(24)23(17(2,3)4)9-12-5-7-13(19)8-6-12/h5-8,10H,9H2,1-4H3. The molecule has 2 aromatic rings. The summed E-state index contributed by atoms with van der Waals surface area (Å²) in [4.78, 5) is 14.4. The molecule has 0 saturated heterocycles. The van der Waals surface area contributed by atoms with Crippen LogP contribution >= 0.6 is 15.9 Å². The molecule has 0 fully saturated rings. The van der Waals surface area contributed by atoms with Gasteiger partial charge in [0, 0.05) is 16.6 Å². The maximum absolute atomic E-state index is 13.2. The number of alkyl halides is 3. The number of hydrogen-bond acceptors (Lipinski definition) is 2. The van der Waals surface area contributed by atoms with Crippen molar-refractivity contribution in [3.05, 3.63) is 57.5 Å². The lowest BCUT2D eigenvalue weighted by Crippen LogP contribution is -2.45. The van der Waals surface area contributed by atoms with E-state index in [1.54, 1.807) is 20.8 Å². The largest absolute Gasteiger partial charge is 0.468 e. The van der Waals surface area contributed by atoms with E-state index in [-0.39, 0.29) is 12.3 Å². The molecule has 25 heavy (non-hydrogen) atoms. The highest BCUT2D eigenvalue weighted by Crippen LogP contribution is 2.36. The van der Waals surface area contributed by atoms with Gasteiger partial charge in [-0.15, -0.1) is 0 Å². The molecule has 136 valence electrons. The summed E-state index contributed by atoms with van der Waals surface area (Å²) in [5, 5.41) is 0. The number of amides is 1. The maximum Gasteiger partial charge on any atom is 0.420 e. The van der Waals surface area contributed by atoms with Gasteiger partial charge in [0.1, 0.15) is 17.6 Å². The first-order valence-corrected chi connectivity index (χ1v) is 8.42. The molecule has 1 aromatic carbocycles. The summed E-state index contributed by atoms with van der Waals surface area (Å²) in [5.74, 6) is -0.739. The highest BCUT2D eigenvalue weighted by Gasteiger charge is 2.41. The third kappa shape index (κ3) is 4.45. The van der Waals surface area contributed by atoms with Crippen molar-refractivity contribution >= 4 is 21.8 Å². The van der Waals surface area contributed by atoms with E-state index in [0.29, 0.717) is 6.26 Å².